The van der Waals surface area contributed by atoms with Crippen molar-refractivity contribution in [2.24, 2.45) is 0 Å². The number of carboxylic acids is 1. The van der Waals surface area contributed by atoms with Gasteiger partial charge in [0, 0.05) is 16.7 Å². The van der Waals surface area contributed by atoms with Crippen LogP contribution in [-0.4, -0.2) is 21.3 Å². The Morgan fingerprint density at radius 2 is 2.00 bits per heavy atom. The van der Waals surface area contributed by atoms with Gasteiger partial charge in [-0.25, -0.2) is 4.98 Å². The fraction of sp³-hybridized carbons (Fsp3) is 0.143. The molecule has 0 aliphatic heterocycles. The summed E-state index contributed by atoms with van der Waals surface area (Å²) in [6.45, 7) is 1.63. The average Bonchev–Trinajstić information content (AvgIpc) is 2.40. The van der Waals surface area contributed by atoms with Gasteiger partial charge in [0.1, 0.15) is 5.25 Å². The van der Waals surface area contributed by atoms with Crippen LogP contribution < -0.4 is 0 Å². The van der Waals surface area contributed by atoms with Gasteiger partial charge in [-0.15, -0.1) is 11.8 Å². The Morgan fingerprint density at radius 1 is 1.32 bits per heavy atom. The molecule has 1 heterocycles. The second-order valence-electron chi connectivity index (χ2n) is 3.96. The van der Waals surface area contributed by atoms with Crippen LogP contribution in [0.4, 0.5) is 4.39 Å². The number of hydrogen-bond acceptors (Lipinski definition) is 3. The van der Waals surface area contributed by atoms with E-state index in [0.717, 1.165) is 10.5 Å². The third-order valence-electron chi connectivity index (χ3n) is 2.59. The molecule has 0 bridgehead atoms. The maximum absolute atomic E-state index is 13.5. The summed E-state index contributed by atoms with van der Waals surface area (Å²) in [5, 5.41) is 8.32. The molecule has 1 aromatic carbocycles. The minimum absolute atomic E-state index is 0.435. The number of carbonyl (C=O) groups is 1. The van der Waals surface area contributed by atoms with E-state index in [2.05, 4.69) is 4.98 Å². The van der Waals surface area contributed by atoms with E-state index >= 15 is 0 Å². The van der Waals surface area contributed by atoms with E-state index in [1.807, 2.05) is 0 Å². The monoisotopic (exact) mass is 277 g/mol. The van der Waals surface area contributed by atoms with Crippen LogP contribution in [0.3, 0.4) is 0 Å². The third-order valence-corrected chi connectivity index (χ3v) is 3.68. The van der Waals surface area contributed by atoms with Crippen molar-refractivity contribution in [1.29, 1.82) is 0 Å². The molecule has 0 aliphatic rings. The third kappa shape index (κ3) is 3.32. The van der Waals surface area contributed by atoms with Gasteiger partial charge in [-0.3, -0.25) is 4.79 Å². The number of hydrogen-bond donors (Lipinski definition) is 1. The second kappa shape index (κ2) is 5.84. The van der Waals surface area contributed by atoms with Crippen molar-refractivity contribution in [3.8, 4) is 11.1 Å². The van der Waals surface area contributed by atoms with E-state index in [1.165, 1.54) is 18.0 Å². The summed E-state index contributed by atoms with van der Waals surface area (Å²) in [7, 11) is 0. The lowest BCUT2D eigenvalue weighted by Crippen LogP contribution is -2.10. The fourth-order valence-corrected chi connectivity index (χ4v) is 2.37. The summed E-state index contributed by atoms with van der Waals surface area (Å²) in [6.07, 6.45) is 1.40. The van der Waals surface area contributed by atoms with E-state index in [9.17, 15) is 9.18 Å². The van der Waals surface area contributed by atoms with Crippen LogP contribution in [0.2, 0.25) is 0 Å². The number of nitrogens with zero attached hydrogens (tertiary/aromatic N) is 1. The predicted octanol–water partition coefficient (Wildman–Crippen LogP) is 3.45. The van der Waals surface area contributed by atoms with Crippen molar-refractivity contribution in [3.63, 3.8) is 0 Å². The van der Waals surface area contributed by atoms with Gasteiger partial charge in [-0.1, -0.05) is 12.1 Å². The van der Waals surface area contributed by atoms with E-state index in [4.69, 9.17) is 5.11 Å². The van der Waals surface area contributed by atoms with Gasteiger partial charge in [-0.2, -0.15) is 4.39 Å². The number of thioether (sulfide) groups is 1. The molecule has 98 valence electrons. The molecule has 1 unspecified atom stereocenters. The SMILES string of the molecule is CC(Sc1ccc(-c2cccnc2F)cc1)C(=O)O. The largest absolute Gasteiger partial charge is 0.480 e. The van der Waals surface area contributed by atoms with Crippen molar-refractivity contribution in [2.45, 2.75) is 17.1 Å². The van der Waals surface area contributed by atoms with E-state index < -0.39 is 17.2 Å². The minimum atomic E-state index is -0.854. The Morgan fingerprint density at radius 3 is 2.58 bits per heavy atom. The number of aliphatic carboxylic acids is 1. The first-order chi connectivity index (χ1) is 9.08. The molecule has 0 spiro atoms. The maximum atomic E-state index is 13.5. The predicted molar refractivity (Wildman–Crippen MR) is 72.6 cm³/mol. The topological polar surface area (TPSA) is 50.2 Å². The standard InChI is InChI=1S/C14H12FNO2S/c1-9(14(17)18)19-11-6-4-10(5-7-11)12-3-2-8-16-13(12)15/h2-9H,1H3,(H,17,18). The number of aromatic nitrogens is 1. The van der Waals surface area contributed by atoms with Gasteiger partial charge in [0.2, 0.25) is 5.95 Å². The zero-order chi connectivity index (χ0) is 13.8. The van der Waals surface area contributed by atoms with Gasteiger partial charge in [0.25, 0.3) is 0 Å². The zero-order valence-corrected chi connectivity index (χ0v) is 11.0. The molecule has 3 nitrogen and oxygen atoms in total. The summed E-state index contributed by atoms with van der Waals surface area (Å²) in [5.41, 5.74) is 1.16. The van der Waals surface area contributed by atoms with E-state index in [1.54, 1.807) is 43.3 Å². The van der Waals surface area contributed by atoms with Gasteiger partial charge >= 0.3 is 5.97 Å². The highest BCUT2D eigenvalue weighted by molar-refractivity contribution is 8.00. The van der Waals surface area contributed by atoms with Gasteiger partial charge in [0.15, 0.2) is 0 Å². The molecule has 2 aromatic rings. The summed E-state index contributed by atoms with van der Waals surface area (Å²) in [5.74, 6) is -1.37. The van der Waals surface area contributed by atoms with Crippen LogP contribution in [0.25, 0.3) is 11.1 Å². The second-order valence-corrected chi connectivity index (χ2v) is 5.38. The smallest absolute Gasteiger partial charge is 0.316 e. The van der Waals surface area contributed by atoms with Crippen LogP contribution in [0, 0.1) is 5.95 Å². The van der Waals surface area contributed by atoms with Crippen molar-refractivity contribution in [1.82, 2.24) is 4.98 Å². The molecule has 0 saturated heterocycles. The molecule has 19 heavy (non-hydrogen) atoms. The Bertz CT molecular complexity index is 586. The summed E-state index contributed by atoms with van der Waals surface area (Å²) in [6, 6.07) is 10.4. The molecule has 1 N–H and O–H groups in total. The highest BCUT2D eigenvalue weighted by Crippen LogP contribution is 2.27. The fourth-order valence-electron chi connectivity index (χ4n) is 1.57. The normalized spacial score (nSPS) is 12.1. The molecule has 0 radical (unpaired) electrons. The number of benzene rings is 1. The van der Waals surface area contributed by atoms with Crippen molar-refractivity contribution < 1.29 is 14.3 Å². The van der Waals surface area contributed by atoms with Crippen LogP contribution in [0.5, 0.6) is 0 Å². The average molecular weight is 277 g/mol. The first kappa shape index (κ1) is 13.5. The summed E-state index contributed by atoms with van der Waals surface area (Å²) < 4.78 is 13.5. The lowest BCUT2D eigenvalue weighted by Gasteiger charge is -2.07. The quantitative estimate of drug-likeness (QED) is 0.687. The lowest BCUT2D eigenvalue weighted by atomic mass is 10.1. The molecular weight excluding hydrogens is 265 g/mol. The van der Waals surface area contributed by atoms with Gasteiger partial charge in [-0.05, 0) is 36.8 Å². The first-order valence-electron chi connectivity index (χ1n) is 5.68. The summed E-state index contributed by atoms with van der Waals surface area (Å²) >= 11 is 1.25. The maximum Gasteiger partial charge on any atom is 0.316 e. The Kier molecular flexibility index (Phi) is 4.16. The molecule has 0 fully saturated rings. The van der Waals surface area contributed by atoms with E-state index in [-0.39, 0.29) is 0 Å². The van der Waals surface area contributed by atoms with Crippen LogP contribution in [0.1, 0.15) is 6.92 Å². The van der Waals surface area contributed by atoms with Crippen molar-refractivity contribution in [3.05, 3.63) is 48.5 Å². The van der Waals surface area contributed by atoms with Gasteiger partial charge in [0.05, 0.1) is 0 Å². The molecule has 2 rings (SSSR count). The summed E-state index contributed by atoms with van der Waals surface area (Å²) in [4.78, 5) is 15.2. The highest BCUT2D eigenvalue weighted by Gasteiger charge is 2.12. The zero-order valence-electron chi connectivity index (χ0n) is 10.2. The number of halogens is 1. The number of pyridine rings is 1. The van der Waals surface area contributed by atoms with E-state index in [0.29, 0.717) is 5.56 Å². The number of rotatable bonds is 4. The Hall–Kier alpha value is -1.88. The number of carboxylic acid groups (broad SMARTS) is 1. The van der Waals surface area contributed by atoms with Gasteiger partial charge < -0.3 is 5.11 Å². The van der Waals surface area contributed by atoms with Crippen molar-refractivity contribution in [2.75, 3.05) is 0 Å². The molecule has 1 atom stereocenters. The van der Waals surface area contributed by atoms with Crippen LogP contribution in [0.15, 0.2) is 47.5 Å². The van der Waals surface area contributed by atoms with Crippen LogP contribution in [-0.2, 0) is 4.79 Å². The van der Waals surface area contributed by atoms with Crippen LogP contribution >= 0.6 is 11.8 Å². The molecule has 1 aromatic heterocycles. The molecular formula is C14H12FNO2S. The minimum Gasteiger partial charge on any atom is -0.480 e. The highest BCUT2D eigenvalue weighted by atomic mass is 32.2. The molecule has 0 aliphatic carbocycles. The first-order valence-corrected chi connectivity index (χ1v) is 6.56. The lowest BCUT2D eigenvalue weighted by molar-refractivity contribution is -0.136. The molecule has 0 saturated carbocycles. The van der Waals surface area contributed by atoms with Crippen molar-refractivity contribution >= 4 is 17.7 Å². The Balaban J connectivity index is 2.19. The Labute approximate surface area is 114 Å². The molecule has 0 amide bonds. The molecule has 5 heteroatoms.